The molecule has 0 spiro atoms. The summed E-state index contributed by atoms with van der Waals surface area (Å²) in [6, 6.07) is 0. The summed E-state index contributed by atoms with van der Waals surface area (Å²) >= 11 is 1.90. The Balaban J connectivity index is 3.20. The van der Waals surface area contributed by atoms with Crippen LogP contribution in [0, 0.1) is 0 Å². The van der Waals surface area contributed by atoms with Gasteiger partial charge in [0, 0.05) is 11.5 Å². The maximum absolute atomic E-state index is 11.5. The summed E-state index contributed by atoms with van der Waals surface area (Å²) in [6.45, 7) is 7.68. The summed E-state index contributed by atoms with van der Waals surface area (Å²) in [5.41, 5.74) is 0. The molecule has 0 aromatic rings. The molecule has 0 aliphatic carbocycles. The van der Waals surface area contributed by atoms with Crippen LogP contribution in [0.3, 0.4) is 0 Å². The van der Waals surface area contributed by atoms with Crippen molar-refractivity contribution in [2.24, 2.45) is 0 Å². The summed E-state index contributed by atoms with van der Waals surface area (Å²) < 4.78 is 10.5. The Morgan fingerprint density at radius 2 is 0.929 bits per heavy atom. The van der Waals surface area contributed by atoms with Gasteiger partial charge in [-0.25, -0.2) is 0 Å². The molecule has 0 amide bonds. The monoisotopic (exact) mass is 506 g/mol. The minimum absolute atomic E-state index is 0.0299. The van der Waals surface area contributed by atoms with Crippen LogP contribution in [-0.2, 0) is 8.37 Å². The van der Waals surface area contributed by atoms with E-state index in [-0.39, 0.29) is 21.1 Å². The van der Waals surface area contributed by atoms with Crippen LogP contribution in [0.2, 0.25) is 0 Å². The van der Waals surface area contributed by atoms with Crippen molar-refractivity contribution < 1.29 is 18.0 Å². The molecule has 0 bridgehead atoms. The summed E-state index contributed by atoms with van der Waals surface area (Å²) in [4.78, 5) is 23.0. The highest BCUT2D eigenvalue weighted by Gasteiger charge is 2.07. The normalized spacial score (nSPS) is 11.5. The predicted molar refractivity (Wildman–Crippen MR) is 135 cm³/mol. The van der Waals surface area contributed by atoms with Gasteiger partial charge in [-0.05, 0) is 62.1 Å². The van der Waals surface area contributed by atoms with E-state index in [2.05, 4.69) is 0 Å². The molecule has 0 saturated heterocycles. The average Bonchev–Trinajstić information content (AvgIpc) is 2.64. The van der Waals surface area contributed by atoms with Gasteiger partial charge >= 0.3 is 0 Å². The summed E-state index contributed by atoms with van der Waals surface area (Å²) in [7, 11) is 5.83. The van der Waals surface area contributed by atoms with Crippen LogP contribution < -0.4 is 0 Å². The zero-order valence-electron chi connectivity index (χ0n) is 17.3. The molecule has 0 unspecified atom stereocenters. The standard InChI is InChI=1S/C18H34O4S6/c1-15(2)21-25-17(19)27-23-13-11-9-7-5-6-8-10-12-14-24-28-18(20)26-22-16(3)4/h15-16H,5-14H2,1-4H3. The Morgan fingerprint density at radius 1 is 0.607 bits per heavy atom. The fourth-order valence-electron chi connectivity index (χ4n) is 1.86. The Bertz CT molecular complexity index is 360. The van der Waals surface area contributed by atoms with Crippen molar-refractivity contribution in [3.63, 3.8) is 0 Å². The summed E-state index contributed by atoms with van der Waals surface area (Å²) in [6.07, 6.45) is 10.1. The second-order valence-electron chi connectivity index (χ2n) is 6.60. The first kappa shape index (κ1) is 29.4. The van der Waals surface area contributed by atoms with Crippen molar-refractivity contribution in [2.45, 2.75) is 91.3 Å². The van der Waals surface area contributed by atoms with Crippen molar-refractivity contribution in [3.8, 4) is 0 Å². The van der Waals surface area contributed by atoms with Gasteiger partial charge in [-0.15, -0.1) is 0 Å². The van der Waals surface area contributed by atoms with Gasteiger partial charge in [0.2, 0.25) is 0 Å². The molecule has 0 aliphatic heterocycles. The molecular formula is C18H34O4S6. The van der Waals surface area contributed by atoms with Gasteiger partial charge in [0.1, 0.15) is 0 Å². The zero-order chi connectivity index (χ0) is 21.0. The van der Waals surface area contributed by atoms with Gasteiger partial charge in [0.25, 0.3) is 8.89 Å². The Morgan fingerprint density at radius 3 is 1.25 bits per heavy atom. The third-order valence-electron chi connectivity index (χ3n) is 3.08. The van der Waals surface area contributed by atoms with Crippen LogP contribution in [0.5, 0.6) is 0 Å². The number of carbonyl (C=O) groups is 2. The van der Waals surface area contributed by atoms with Crippen molar-refractivity contribution in [1.82, 2.24) is 0 Å². The van der Waals surface area contributed by atoms with Gasteiger partial charge in [0.15, 0.2) is 0 Å². The molecule has 0 fully saturated rings. The Kier molecular flexibility index (Phi) is 22.6. The first-order valence-electron chi connectivity index (χ1n) is 9.75. The zero-order valence-corrected chi connectivity index (χ0v) is 22.2. The van der Waals surface area contributed by atoms with Crippen LogP contribution in [-0.4, -0.2) is 32.6 Å². The fourth-order valence-corrected chi connectivity index (χ4v) is 7.01. The molecule has 4 nitrogen and oxygen atoms in total. The van der Waals surface area contributed by atoms with Crippen molar-refractivity contribution >= 4 is 76.2 Å². The number of unbranched alkanes of at least 4 members (excludes halogenated alkanes) is 7. The van der Waals surface area contributed by atoms with E-state index in [9.17, 15) is 9.59 Å². The maximum atomic E-state index is 11.5. The van der Waals surface area contributed by atoms with E-state index in [4.69, 9.17) is 8.37 Å². The molecule has 166 valence electrons. The molecule has 0 aromatic carbocycles. The number of rotatable bonds is 17. The molecule has 0 atom stereocenters. The number of hydrogen-bond donors (Lipinski definition) is 0. The van der Waals surface area contributed by atoms with Crippen LogP contribution >= 0.6 is 67.3 Å². The van der Waals surface area contributed by atoms with Crippen molar-refractivity contribution in [1.29, 1.82) is 0 Å². The molecule has 0 saturated carbocycles. The molecule has 0 aliphatic rings. The van der Waals surface area contributed by atoms with E-state index in [1.165, 1.54) is 73.0 Å². The third kappa shape index (κ3) is 23.6. The number of carbonyl (C=O) groups excluding carboxylic acids is 2. The predicted octanol–water partition coefficient (Wildman–Crippen LogP) is 9.26. The van der Waals surface area contributed by atoms with E-state index < -0.39 is 0 Å². The minimum Gasteiger partial charge on any atom is -0.305 e. The van der Waals surface area contributed by atoms with Gasteiger partial charge < -0.3 is 8.37 Å². The van der Waals surface area contributed by atoms with E-state index >= 15 is 0 Å². The first-order chi connectivity index (χ1) is 13.4. The van der Waals surface area contributed by atoms with Gasteiger partial charge in [-0.2, -0.15) is 0 Å². The largest absolute Gasteiger partial charge is 0.305 e. The maximum Gasteiger partial charge on any atom is 0.283 e. The van der Waals surface area contributed by atoms with Gasteiger partial charge in [-0.3, -0.25) is 9.59 Å². The second kappa shape index (κ2) is 21.6. The van der Waals surface area contributed by atoms with Crippen LogP contribution in [0.25, 0.3) is 0 Å². The van der Waals surface area contributed by atoms with Crippen molar-refractivity contribution in [3.05, 3.63) is 0 Å². The van der Waals surface area contributed by atoms with Crippen molar-refractivity contribution in [2.75, 3.05) is 11.5 Å². The lowest BCUT2D eigenvalue weighted by Crippen LogP contribution is -1.96. The third-order valence-corrected chi connectivity index (χ3v) is 9.89. The molecule has 0 radical (unpaired) electrons. The molecule has 0 aromatic heterocycles. The molecule has 0 heterocycles. The topological polar surface area (TPSA) is 52.6 Å². The van der Waals surface area contributed by atoms with Crippen LogP contribution in [0.15, 0.2) is 0 Å². The van der Waals surface area contributed by atoms with E-state index in [1.807, 2.05) is 27.7 Å². The Labute approximate surface area is 195 Å². The van der Waals surface area contributed by atoms with Crippen LogP contribution in [0.4, 0.5) is 9.59 Å². The molecular weight excluding hydrogens is 473 g/mol. The van der Waals surface area contributed by atoms with E-state index in [1.54, 1.807) is 21.6 Å². The lowest BCUT2D eigenvalue weighted by molar-refractivity contribution is 0.266. The quantitative estimate of drug-likeness (QED) is 0.108. The van der Waals surface area contributed by atoms with E-state index in [0.717, 1.165) is 35.6 Å². The molecule has 10 heteroatoms. The highest BCUT2D eigenvalue weighted by molar-refractivity contribution is 8.86. The molecule has 0 rings (SSSR count). The fraction of sp³-hybridized carbons (Fsp3) is 0.889. The number of hydrogen-bond acceptors (Lipinski definition) is 10. The van der Waals surface area contributed by atoms with Gasteiger partial charge in [-0.1, -0.05) is 60.1 Å². The van der Waals surface area contributed by atoms with Gasteiger partial charge in [0.05, 0.1) is 36.3 Å². The molecule has 0 N–H and O–H groups in total. The summed E-state index contributed by atoms with van der Waals surface area (Å²) in [5.74, 6) is 2.04. The lowest BCUT2D eigenvalue weighted by Gasteiger charge is -2.04. The highest BCUT2D eigenvalue weighted by atomic mass is 33.1. The lowest BCUT2D eigenvalue weighted by atomic mass is 10.1. The van der Waals surface area contributed by atoms with E-state index in [0.29, 0.717) is 0 Å². The highest BCUT2D eigenvalue weighted by Crippen LogP contribution is 2.31. The minimum atomic E-state index is 0.0299. The Hall–Kier alpha value is 1.36. The van der Waals surface area contributed by atoms with Crippen LogP contribution in [0.1, 0.15) is 79.1 Å². The summed E-state index contributed by atoms with van der Waals surface area (Å²) in [5, 5.41) is 0. The SMILES string of the molecule is CC(C)OSC(=O)SSCCCCCCCCCCSSC(=O)SOC(C)C. The molecule has 28 heavy (non-hydrogen) atoms. The smallest absolute Gasteiger partial charge is 0.283 e. The first-order valence-corrected chi connectivity index (χ1v) is 15.9. The second-order valence-corrected chi connectivity index (χ2v) is 13.3. The average molecular weight is 507 g/mol.